The second-order valence-electron chi connectivity index (χ2n) is 3.51. The Morgan fingerprint density at radius 1 is 1.30 bits per heavy atom. The molecule has 2 heteroatoms. The average molecular weight is 144 g/mol. The standard InChI is InChI=1S/C8H16O2/c1-6-5-9-8(3,4)10-7(6)2/h6-7H,5H2,1-4H3/t6-,7+/m0/s1. The molecule has 2 atom stereocenters. The van der Waals surface area contributed by atoms with Gasteiger partial charge in [0.2, 0.25) is 0 Å². The topological polar surface area (TPSA) is 18.5 Å². The van der Waals surface area contributed by atoms with Gasteiger partial charge in [-0.15, -0.1) is 0 Å². The zero-order valence-corrected chi connectivity index (χ0v) is 7.18. The molecule has 0 spiro atoms. The van der Waals surface area contributed by atoms with Gasteiger partial charge >= 0.3 is 0 Å². The lowest BCUT2D eigenvalue weighted by molar-refractivity contribution is -0.286. The summed E-state index contributed by atoms with van der Waals surface area (Å²) < 4.78 is 11.0. The fourth-order valence-electron chi connectivity index (χ4n) is 1.07. The van der Waals surface area contributed by atoms with E-state index in [4.69, 9.17) is 9.47 Å². The van der Waals surface area contributed by atoms with Gasteiger partial charge < -0.3 is 9.47 Å². The molecule has 1 aliphatic heterocycles. The highest BCUT2D eigenvalue weighted by Crippen LogP contribution is 2.24. The van der Waals surface area contributed by atoms with Gasteiger partial charge in [-0.05, 0) is 20.8 Å². The summed E-state index contributed by atoms with van der Waals surface area (Å²) in [4.78, 5) is 0. The molecule has 0 aromatic heterocycles. The van der Waals surface area contributed by atoms with Crippen LogP contribution in [0.5, 0.6) is 0 Å². The normalized spacial score (nSPS) is 39.6. The molecule has 0 unspecified atom stereocenters. The Morgan fingerprint density at radius 2 is 1.90 bits per heavy atom. The van der Waals surface area contributed by atoms with Crippen molar-refractivity contribution in [2.75, 3.05) is 6.61 Å². The molecule has 1 fully saturated rings. The Bertz CT molecular complexity index is 120. The van der Waals surface area contributed by atoms with Crippen LogP contribution in [0.1, 0.15) is 27.7 Å². The number of rotatable bonds is 0. The van der Waals surface area contributed by atoms with Gasteiger partial charge in [-0.2, -0.15) is 0 Å². The summed E-state index contributed by atoms with van der Waals surface area (Å²) >= 11 is 0. The molecular weight excluding hydrogens is 128 g/mol. The highest BCUT2D eigenvalue weighted by atomic mass is 16.7. The molecule has 60 valence electrons. The smallest absolute Gasteiger partial charge is 0.163 e. The first-order valence-corrected chi connectivity index (χ1v) is 3.83. The van der Waals surface area contributed by atoms with E-state index in [9.17, 15) is 0 Å². The second kappa shape index (κ2) is 2.51. The Balaban J connectivity index is 2.49. The van der Waals surface area contributed by atoms with E-state index < -0.39 is 0 Å². The largest absolute Gasteiger partial charge is 0.350 e. The molecule has 1 rings (SSSR count). The molecule has 10 heavy (non-hydrogen) atoms. The van der Waals surface area contributed by atoms with Gasteiger partial charge in [-0.25, -0.2) is 0 Å². The van der Waals surface area contributed by atoms with Crippen molar-refractivity contribution in [1.82, 2.24) is 0 Å². The molecule has 1 saturated heterocycles. The Morgan fingerprint density at radius 3 is 2.30 bits per heavy atom. The molecule has 0 aromatic rings. The molecule has 0 radical (unpaired) electrons. The summed E-state index contributed by atoms with van der Waals surface area (Å²) in [6.07, 6.45) is 0.323. The van der Waals surface area contributed by atoms with E-state index in [-0.39, 0.29) is 5.79 Å². The predicted octanol–water partition coefficient (Wildman–Crippen LogP) is 1.79. The summed E-state index contributed by atoms with van der Waals surface area (Å²) in [5.74, 6) is 0.152. The second-order valence-corrected chi connectivity index (χ2v) is 3.51. The van der Waals surface area contributed by atoms with Gasteiger partial charge in [0.05, 0.1) is 12.7 Å². The van der Waals surface area contributed by atoms with Crippen molar-refractivity contribution in [3.05, 3.63) is 0 Å². The van der Waals surface area contributed by atoms with E-state index in [1.807, 2.05) is 13.8 Å². The molecule has 0 saturated carbocycles. The zero-order valence-electron chi connectivity index (χ0n) is 7.18. The third kappa shape index (κ3) is 1.70. The minimum absolute atomic E-state index is 0.323. The van der Waals surface area contributed by atoms with Crippen LogP contribution in [0.2, 0.25) is 0 Å². The Labute approximate surface area is 62.5 Å². The van der Waals surface area contributed by atoms with Crippen LogP contribution >= 0.6 is 0 Å². The van der Waals surface area contributed by atoms with E-state index in [1.165, 1.54) is 0 Å². The lowest BCUT2D eigenvalue weighted by Crippen LogP contribution is -2.43. The van der Waals surface area contributed by atoms with E-state index >= 15 is 0 Å². The van der Waals surface area contributed by atoms with Crippen molar-refractivity contribution >= 4 is 0 Å². The summed E-state index contributed by atoms with van der Waals surface area (Å²) in [6, 6.07) is 0. The van der Waals surface area contributed by atoms with Crippen LogP contribution in [0.15, 0.2) is 0 Å². The minimum atomic E-state index is -0.369. The lowest BCUT2D eigenvalue weighted by atomic mass is 10.1. The summed E-state index contributed by atoms with van der Waals surface area (Å²) in [5.41, 5.74) is 0. The highest BCUT2D eigenvalue weighted by molar-refractivity contribution is 4.70. The van der Waals surface area contributed by atoms with Crippen LogP contribution in [0.3, 0.4) is 0 Å². The molecule has 0 aliphatic carbocycles. The van der Waals surface area contributed by atoms with Crippen molar-refractivity contribution in [3.63, 3.8) is 0 Å². The zero-order chi connectivity index (χ0) is 7.78. The van der Waals surface area contributed by atoms with Gasteiger partial charge in [-0.3, -0.25) is 0 Å². The number of hydrogen-bond acceptors (Lipinski definition) is 2. The average Bonchev–Trinajstić information content (AvgIpc) is 1.79. The van der Waals surface area contributed by atoms with E-state index in [2.05, 4.69) is 13.8 Å². The van der Waals surface area contributed by atoms with Crippen LogP contribution in [-0.2, 0) is 9.47 Å². The van der Waals surface area contributed by atoms with Crippen LogP contribution in [0.25, 0.3) is 0 Å². The SMILES string of the molecule is C[C@H]1COC(C)(C)O[C@@H]1C. The van der Waals surface area contributed by atoms with E-state index in [0.29, 0.717) is 12.0 Å². The van der Waals surface area contributed by atoms with Crippen LogP contribution in [0.4, 0.5) is 0 Å². The molecule has 0 amide bonds. The quantitative estimate of drug-likeness (QED) is 0.516. The molecule has 0 N–H and O–H groups in total. The van der Waals surface area contributed by atoms with Crippen LogP contribution < -0.4 is 0 Å². The minimum Gasteiger partial charge on any atom is -0.350 e. The summed E-state index contributed by atoms with van der Waals surface area (Å²) in [7, 11) is 0. The first kappa shape index (κ1) is 8.02. The van der Waals surface area contributed by atoms with Crippen molar-refractivity contribution in [3.8, 4) is 0 Å². The monoisotopic (exact) mass is 144 g/mol. The lowest BCUT2D eigenvalue weighted by Gasteiger charge is -2.38. The van der Waals surface area contributed by atoms with Gasteiger partial charge in [0.1, 0.15) is 0 Å². The third-order valence-corrected chi connectivity index (χ3v) is 1.96. The third-order valence-electron chi connectivity index (χ3n) is 1.96. The van der Waals surface area contributed by atoms with E-state index in [0.717, 1.165) is 6.61 Å². The Kier molecular flexibility index (Phi) is 2.02. The summed E-state index contributed by atoms with van der Waals surface area (Å²) in [5, 5.41) is 0. The number of hydrogen-bond donors (Lipinski definition) is 0. The van der Waals surface area contributed by atoms with E-state index in [1.54, 1.807) is 0 Å². The maximum atomic E-state index is 5.56. The fourth-order valence-corrected chi connectivity index (χ4v) is 1.07. The molecule has 2 nitrogen and oxygen atoms in total. The van der Waals surface area contributed by atoms with Crippen molar-refractivity contribution in [2.24, 2.45) is 5.92 Å². The van der Waals surface area contributed by atoms with Crippen molar-refractivity contribution in [2.45, 2.75) is 39.6 Å². The maximum Gasteiger partial charge on any atom is 0.163 e. The number of ether oxygens (including phenoxy) is 2. The molecular formula is C8H16O2. The van der Waals surface area contributed by atoms with Gasteiger partial charge in [0.25, 0.3) is 0 Å². The van der Waals surface area contributed by atoms with Crippen LogP contribution in [-0.4, -0.2) is 18.5 Å². The Hall–Kier alpha value is -0.0800. The molecule has 0 bridgehead atoms. The van der Waals surface area contributed by atoms with Gasteiger partial charge in [0, 0.05) is 5.92 Å². The first-order chi connectivity index (χ1) is 4.51. The molecule has 0 aromatic carbocycles. The summed E-state index contributed by atoms with van der Waals surface area (Å²) in [6.45, 7) is 8.95. The van der Waals surface area contributed by atoms with Gasteiger partial charge in [-0.1, -0.05) is 6.92 Å². The van der Waals surface area contributed by atoms with Crippen LogP contribution in [0, 0.1) is 5.92 Å². The maximum absolute atomic E-state index is 5.56. The first-order valence-electron chi connectivity index (χ1n) is 3.83. The molecule has 1 heterocycles. The molecule has 1 aliphatic rings. The predicted molar refractivity (Wildman–Crippen MR) is 39.7 cm³/mol. The fraction of sp³-hybridized carbons (Fsp3) is 1.00. The van der Waals surface area contributed by atoms with Gasteiger partial charge in [0.15, 0.2) is 5.79 Å². The van der Waals surface area contributed by atoms with Crippen molar-refractivity contribution < 1.29 is 9.47 Å². The highest BCUT2D eigenvalue weighted by Gasteiger charge is 2.31. The van der Waals surface area contributed by atoms with Crippen molar-refractivity contribution in [1.29, 1.82) is 0 Å².